The maximum absolute atomic E-state index is 13.4. The Hall–Kier alpha value is -2.83. The standard InChI is InChI=1S/C28H30NO4.BrH/c1-29(17-9-19-31-21-10-3-2-4-11-21)18-16-22(20-29)32-28(30)27-23-12-5-7-14-25(23)33-26-15-8-6-13-24(26)27;/h2-8,10-15,22,27H,9,16-20H2,1H3;1H/q+1;/p-1. The number of quaternary nitrogens is 1. The third-order valence-corrected chi connectivity index (χ3v) is 6.69. The summed E-state index contributed by atoms with van der Waals surface area (Å²) in [6, 6.07) is 25.4. The van der Waals surface area contributed by atoms with E-state index in [1.54, 1.807) is 0 Å². The molecule has 5 nitrogen and oxygen atoms in total. The first-order valence-corrected chi connectivity index (χ1v) is 11.7. The van der Waals surface area contributed by atoms with Gasteiger partial charge in [0.2, 0.25) is 0 Å². The van der Waals surface area contributed by atoms with E-state index in [4.69, 9.17) is 14.2 Å². The molecule has 0 aliphatic carbocycles. The number of nitrogens with zero attached hydrogens (tertiary/aromatic N) is 1. The molecule has 2 heterocycles. The van der Waals surface area contributed by atoms with Crippen molar-refractivity contribution in [1.82, 2.24) is 0 Å². The largest absolute Gasteiger partial charge is 1.00 e. The van der Waals surface area contributed by atoms with Crippen LogP contribution in [0, 0.1) is 0 Å². The van der Waals surface area contributed by atoms with Crippen molar-refractivity contribution in [3.8, 4) is 17.2 Å². The first-order chi connectivity index (χ1) is 16.1. The van der Waals surface area contributed by atoms with Crippen molar-refractivity contribution in [1.29, 1.82) is 0 Å². The van der Waals surface area contributed by atoms with Crippen LogP contribution in [0.2, 0.25) is 0 Å². The molecule has 0 saturated carbocycles. The van der Waals surface area contributed by atoms with Gasteiger partial charge in [0, 0.05) is 24.0 Å². The van der Waals surface area contributed by atoms with Gasteiger partial charge in [-0.25, -0.2) is 0 Å². The number of likely N-dealkylation sites (N-methyl/N-ethyl adjacent to an activating group) is 1. The minimum absolute atomic E-state index is 0. The summed E-state index contributed by atoms with van der Waals surface area (Å²) in [6.45, 7) is 3.54. The van der Waals surface area contributed by atoms with Crippen molar-refractivity contribution in [2.45, 2.75) is 24.9 Å². The number of halogens is 1. The highest BCUT2D eigenvalue weighted by Gasteiger charge is 2.40. The van der Waals surface area contributed by atoms with Crippen LogP contribution in [0.4, 0.5) is 0 Å². The molecule has 0 bridgehead atoms. The lowest BCUT2D eigenvalue weighted by Crippen LogP contribution is -3.00. The number of hydrogen-bond acceptors (Lipinski definition) is 4. The molecule has 3 aromatic rings. The van der Waals surface area contributed by atoms with Crippen LogP contribution in [0.1, 0.15) is 29.9 Å². The predicted octanol–water partition coefficient (Wildman–Crippen LogP) is 2.16. The highest BCUT2D eigenvalue weighted by Crippen LogP contribution is 2.44. The van der Waals surface area contributed by atoms with Crippen molar-refractivity contribution in [2.75, 3.05) is 33.3 Å². The number of carbonyl (C=O) groups is 1. The number of carbonyl (C=O) groups excluding carboxylic acids is 1. The van der Waals surface area contributed by atoms with E-state index in [0.717, 1.165) is 65.3 Å². The van der Waals surface area contributed by atoms with Gasteiger partial charge in [0.05, 0.1) is 26.7 Å². The SMILES string of the molecule is C[N+]1(CCCOc2ccccc2)CCC(OC(=O)C2c3ccccc3Oc3ccccc32)C1.[Br-]. The number of esters is 1. The summed E-state index contributed by atoms with van der Waals surface area (Å²) < 4.78 is 18.9. The molecule has 178 valence electrons. The lowest BCUT2D eigenvalue weighted by atomic mass is 9.88. The van der Waals surface area contributed by atoms with Gasteiger partial charge < -0.3 is 35.7 Å². The molecule has 0 amide bonds. The number of likely N-dealkylation sites (tertiary alicyclic amines) is 1. The second-order valence-corrected chi connectivity index (χ2v) is 9.22. The minimum Gasteiger partial charge on any atom is -1.00 e. The minimum atomic E-state index is -0.454. The number of para-hydroxylation sites is 3. The molecule has 2 aliphatic heterocycles. The Bertz CT molecular complexity index is 1080. The van der Waals surface area contributed by atoms with Crippen LogP contribution in [0.5, 0.6) is 17.2 Å². The van der Waals surface area contributed by atoms with E-state index in [2.05, 4.69) is 7.05 Å². The molecule has 1 saturated heterocycles. The van der Waals surface area contributed by atoms with Gasteiger partial charge in [-0.2, -0.15) is 0 Å². The van der Waals surface area contributed by atoms with Crippen molar-refractivity contribution in [2.24, 2.45) is 0 Å². The molecular formula is C28H30BrNO4. The fourth-order valence-electron chi connectivity index (χ4n) is 4.98. The smallest absolute Gasteiger partial charge is 0.318 e. The van der Waals surface area contributed by atoms with Crippen LogP contribution < -0.4 is 26.5 Å². The fourth-order valence-corrected chi connectivity index (χ4v) is 4.98. The van der Waals surface area contributed by atoms with Crippen molar-refractivity contribution >= 4 is 5.97 Å². The lowest BCUT2D eigenvalue weighted by molar-refractivity contribution is -0.899. The van der Waals surface area contributed by atoms with Crippen LogP contribution in [-0.2, 0) is 9.53 Å². The van der Waals surface area contributed by atoms with Crippen molar-refractivity contribution < 1.29 is 40.5 Å². The summed E-state index contributed by atoms with van der Waals surface area (Å²) in [5, 5.41) is 0. The third kappa shape index (κ3) is 5.29. The zero-order valence-electron chi connectivity index (χ0n) is 19.4. The van der Waals surface area contributed by atoms with Gasteiger partial charge in [0.25, 0.3) is 0 Å². The molecular weight excluding hydrogens is 494 g/mol. The van der Waals surface area contributed by atoms with Crippen LogP contribution in [0.25, 0.3) is 0 Å². The third-order valence-electron chi connectivity index (χ3n) is 6.69. The Morgan fingerprint density at radius 2 is 1.56 bits per heavy atom. The maximum atomic E-state index is 13.4. The second-order valence-electron chi connectivity index (χ2n) is 9.22. The molecule has 34 heavy (non-hydrogen) atoms. The van der Waals surface area contributed by atoms with E-state index in [-0.39, 0.29) is 29.1 Å². The quantitative estimate of drug-likeness (QED) is 0.270. The topological polar surface area (TPSA) is 44.8 Å². The Kier molecular flexibility index (Phi) is 7.59. The molecule has 0 N–H and O–H groups in total. The van der Waals surface area contributed by atoms with Gasteiger partial charge in [-0.15, -0.1) is 0 Å². The van der Waals surface area contributed by atoms with Gasteiger partial charge in [-0.05, 0) is 24.3 Å². The molecule has 3 aromatic carbocycles. The molecule has 0 radical (unpaired) electrons. The zero-order valence-corrected chi connectivity index (χ0v) is 20.9. The summed E-state index contributed by atoms with van der Waals surface area (Å²) in [5.41, 5.74) is 1.74. The summed E-state index contributed by atoms with van der Waals surface area (Å²) in [5.74, 6) is 1.71. The Labute approximate surface area is 211 Å². The van der Waals surface area contributed by atoms with E-state index < -0.39 is 5.92 Å². The summed E-state index contributed by atoms with van der Waals surface area (Å²) in [4.78, 5) is 13.4. The van der Waals surface area contributed by atoms with Gasteiger partial charge >= 0.3 is 5.97 Å². The van der Waals surface area contributed by atoms with Crippen LogP contribution in [0.3, 0.4) is 0 Å². The highest BCUT2D eigenvalue weighted by molar-refractivity contribution is 5.85. The summed E-state index contributed by atoms with van der Waals surface area (Å²) >= 11 is 0. The van der Waals surface area contributed by atoms with Gasteiger partial charge in [-0.3, -0.25) is 4.79 Å². The average Bonchev–Trinajstić information content (AvgIpc) is 3.21. The Morgan fingerprint density at radius 3 is 2.24 bits per heavy atom. The molecule has 2 aliphatic rings. The van der Waals surface area contributed by atoms with E-state index >= 15 is 0 Å². The lowest BCUT2D eigenvalue weighted by Gasteiger charge is -2.30. The molecule has 5 rings (SSSR count). The van der Waals surface area contributed by atoms with Crippen LogP contribution >= 0.6 is 0 Å². The molecule has 6 heteroatoms. The number of fused-ring (bicyclic) bond motifs is 2. The normalized spacial score (nSPS) is 20.9. The number of ether oxygens (including phenoxy) is 3. The second kappa shape index (κ2) is 10.6. The maximum Gasteiger partial charge on any atom is 0.318 e. The van der Waals surface area contributed by atoms with E-state index in [1.807, 2.05) is 78.9 Å². The predicted molar refractivity (Wildman–Crippen MR) is 127 cm³/mol. The molecule has 0 aromatic heterocycles. The molecule has 1 fully saturated rings. The van der Waals surface area contributed by atoms with E-state index in [0.29, 0.717) is 6.61 Å². The van der Waals surface area contributed by atoms with Gasteiger partial charge in [-0.1, -0.05) is 54.6 Å². The van der Waals surface area contributed by atoms with Crippen LogP contribution in [-0.4, -0.2) is 49.8 Å². The number of hydrogen-bond donors (Lipinski definition) is 0. The summed E-state index contributed by atoms with van der Waals surface area (Å²) in [7, 11) is 2.25. The molecule has 0 spiro atoms. The van der Waals surface area contributed by atoms with Crippen molar-refractivity contribution in [3.63, 3.8) is 0 Å². The Balaban J connectivity index is 0.00000274. The zero-order chi connectivity index (χ0) is 22.7. The van der Waals surface area contributed by atoms with Crippen LogP contribution in [0.15, 0.2) is 78.9 Å². The first-order valence-electron chi connectivity index (χ1n) is 11.7. The Morgan fingerprint density at radius 1 is 0.941 bits per heavy atom. The molecule has 2 atom stereocenters. The van der Waals surface area contributed by atoms with Gasteiger partial charge in [0.15, 0.2) is 6.10 Å². The molecule has 2 unspecified atom stereocenters. The monoisotopic (exact) mass is 523 g/mol. The van der Waals surface area contributed by atoms with E-state index in [9.17, 15) is 4.79 Å². The summed E-state index contributed by atoms with van der Waals surface area (Å²) in [6.07, 6.45) is 1.78. The highest BCUT2D eigenvalue weighted by atomic mass is 79.9. The fraction of sp³-hybridized carbons (Fsp3) is 0.321. The average molecular weight is 524 g/mol. The van der Waals surface area contributed by atoms with Gasteiger partial charge in [0.1, 0.15) is 29.7 Å². The first kappa shape index (κ1) is 24.3. The number of rotatable bonds is 7. The number of benzene rings is 3. The van der Waals surface area contributed by atoms with Crippen molar-refractivity contribution in [3.05, 3.63) is 90.0 Å². The van der Waals surface area contributed by atoms with E-state index in [1.165, 1.54) is 0 Å².